The van der Waals surface area contributed by atoms with Gasteiger partial charge in [0, 0.05) is 0 Å². The molecule has 25 atom stereocenters. The van der Waals surface area contributed by atoms with Crippen LogP contribution in [0.2, 0.25) is 0 Å². The van der Waals surface area contributed by atoms with E-state index in [9.17, 15) is 86.8 Å². The largest absolute Gasteiger partial charge is 0.394 e. The van der Waals surface area contributed by atoms with E-state index in [0.29, 0.717) is 0 Å². The molecule has 0 aromatic carbocycles. The highest BCUT2D eigenvalue weighted by atomic mass is 16.8. The van der Waals surface area contributed by atoms with Crippen molar-refractivity contribution in [3.63, 3.8) is 0 Å². The highest BCUT2D eigenvalue weighted by molar-refractivity contribution is 4.97. The van der Waals surface area contributed by atoms with Gasteiger partial charge in [0.05, 0.1) is 33.0 Å². The van der Waals surface area contributed by atoms with Crippen LogP contribution >= 0.6 is 0 Å². The Hall–Kier alpha value is -1.04. The number of hydrogen-bond donors (Lipinski definition) is 17. The van der Waals surface area contributed by atoms with Gasteiger partial charge in [-0.1, -0.05) is 0 Å². The van der Waals surface area contributed by atoms with Crippen LogP contribution in [0.5, 0.6) is 0 Å². The number of hydrogen-bond acceptors (Lipinski definition) is 26. The average Bonchev–Trinajstić information content (AvgIpc) is 3.19. The first-order valence-electron chi connectivity index (χ1n) is 17.6. The standard InChI is InChI=1S/C30H52O26/c31-1-6-11(35)14(38)19(43)28(50-6)54-23-8(3-33)52-27(21(45)17(23)41)48-5-10-13(37)16(40)25(26(47)49-10)56-30-22(46)18(42)24(9(4-34)53-30)55-29-20(44)15(39)12(36)7(2-32)51-29/h6-47H,1-5H2/t6-,7-,8-,9-,10-,11+,12+,13-,14+,15+,16+,17-,18-,19-,20-,21-,22-,23-,24-,25+,26-,27-,28+,29+,30+/m1/s1. The Balaban J connectivity index is 1.16. The van der Waals surface area contributed by atoms with Crippen molar-refractivity contribution in [1.82, 2.24) is 0 Å². The van der Waals surface area contributed by atoms with Gasteiger partial charge in [-0.2, -0.15) is 0 Å². The van der Waals surface area contributed by atoms with Gasteiger partial charge in [0.1, 0.15) is 122 Å². The molecule has 0 aliphatic carbocycles. The number of rotatable bonds is 13. The van der Waals surface area contributed by atoms with Crippen LogP contribution in [0.15, 0.2) is 0 Å². The first-order chi connectivity index (χ1) is 26.5. The summed E-state index contributed by atoms with van der Waals surface area (Å²) in [7, 11) is 0. The van der Waals surface area contributed by atoms with Crippen LogP contribution in [-0.2, 0) is 42.6 Å². The van der Waals surface area contributed by atoms with Gasteiger partial charge >= 0.3 is 0 Å². The van der Waals surface area contributed by atoms with Crippen LogP contribution in [0.4, 0.5) is 0 Å². The summed E-state index contributed by atoms with van der Waals surface area (Å²) in [6.45, 7) is -4.18. The molecule has 0 aromatic heterocycles. The summed E-state index contributed by atoms with van der Waals surface area (Å²) in [6.07, 6.45) is -45.1. The number of aliphatic hydroxyl groups excluding tert-OH is 17. The molecule has 328 valence electrons. The number of ether oxygens (including phenoxy) is 9. The van der Waals surface area contributed by atoms with E-state index < -0.39 is 187 Å². The fourth-order valence-electron chi connectivity index (χ4n) is 6.91. The fourth-order valence-corrected chi connectivity index (χ4v) is 6.91. The van der Waals surface area contributed by atoms with E-state index in [4.69, 9.17) is 42.6 Å². The van der Waals surface area contributed by atoms with Gasteiger partial charge in [-0.05, 0) is 0 Å². The summed E-state index contributed by atoms with van der Waals surface area (Å²) in [4.78, 5) is 0. The Morgan fingerprint density at radius 2 is 0.625 bits per heavy atom. The van der Waals surface area contributed by atoms with Gasteiger partial charge in [-0.3, -0.25) is 0 Å². The minimum absolute atomic E-state index is 0.766. The van der Waals surface area contributed by atoms with E-state index in [1.54, 1.807) is 0 Å². The quantitative estimate of drug-likeness (QED) is 0.0819. The van der Waals surface area contributed by atoms with Crippen molar-refractivity contribution in [1.29, 1.82) is 0 Å². The van der Waals surface area contributed by atoms with E-state index in [1.165, 1.54) is 0 Å². The van der Waals surface area contributed by atoms with Crippen molar-refractivity contribution in [2.24, 2.45) is 0 Å². The van der Waals surface area contributed by atoms with Crippen molar-refractivity contribution in [3.05, 3.63) is 0 Å². The molecule has 26 nitrogen and oxygen atoms in total. The Kier molecular flexibility index (Phi) is 16.1. The Morgan fingerprint density at radius 1 is 0.304 bits per heavy atom. The molecule has 0 saturated carbocycles. The SMILES string of the molecule is OC[C@H]1O[C@@H](O[C@H]2[C@H](O)[C@@H](O)[C@H](OC[C@H]3O[C@@H](O)[C@@H](O[C@@H]4O[C@H](CO)[C@@H](O[C@@H]5O[C@H](CO)[C@H](O)[C@H](O)[C@H]5O)[C@H](O)[C@H]4O)[C@@H](O)[C@@H]3O)O[C@@H]2CO)[C@H](O)[C@@H](O)[C@H]1O. The molecule has 0 bridgehead atoms. The predicted molar refractivity (Wildman–Crippen MR) is 167 cm³/mol. The first-order valence-corrected chi connectivity index (χ1v) is 17.6. The van der Waals surface area contributed by atoms with Crippen molar-refractivity contribution in [3.8, 4) is 0 Å². The predicted octanol–water partition coefficient (Wildman–Crippen LogP) is -11.9. The third-order valence-electron chi connectivity index (χ3n) is 10.3. The van der Waals surface area contributed by atoms with Gasteiger partial charge in [0.2, 0.25) is 0 Å². The molecule has 0 aromatic rings. The minimum Gasteiger partial charge on any atom is -0.394 e. The maximum atomic E-state index is 10.9. The van der Waals surface area contributed by atoms with Crippen molar-refractivity contribution < 1.29 is 129 Å². The molecule has 26 heteroatoms. The summed E-state index contributed by atoms with van der Waals surface area (Å²) in [6, 6.07) is 0. The lowest BCUT2D eigenvalue weighted by Crippen LogP contribution is -2.66. The van der Waals surface area contributed by atoms with Gasteiger partial charge in [0.25, 0.3) is 0 Å². The third-order valence-corrected chi connectivity index (χ3v) is 10.3. The second-order valence-corrected chi connectivity index (χ2v) is 14.0. The molecule has 17 N–H and O–H groups in total. The van der Waals surface area contributed by atoms with E-state index in [1.807, 2.05) is 0 Å². The van der Waals surface area contributed by atoms with Crippen LogP contribution in [-0.4, -0.2) is 273 Å². The van der Waals surface area contributed by atoms with Crippen LogP contribution in [0.3, 0.4) is 0 Å². The molecule has 5 heterocycles. The van der Waals surface area contributed by atoms with Crippen LogP contribution in [0.1, 0.15) is 0 Å². The van der Waals surface area contributed by atoms with Crippen LogP contribution < -0.4 is 0 Å². The average molecular weight is 829 g/mol. The summed E-state index contributed by atoms with van der Waals surface area (Å²) >= 11 is 0. The molecule has 5 fully saturated rings. The molecular formula is C30H52O26. The summed E-state index contributed by atoms with van der Waals surface area (Å²) in [5.41, 5.74) is 0. The molecule has 5 rings (SSSR count). The summed E-state index contributed by atoms with van der Waals surface area (Å²) < 4.78 is 48.6. The zero-order valence-corrected chi connectivity index (χ0v) is 29.2. The highest BCUT2D eigenvalue weighted by Crippen LogP contribution is 2.34. The van der Waals surface area contributed by atoms with Gasteiger partial charge < -0.3 is 129 Å². The third kappa shape index (κ3) is 9.31. The van der Waals surface area contributed by atoms with Gasteiger partial charge in [-0.25, -0.2) is 0 Å². The summed E-state index contributed by atoms with van der Waals surface area (Å²) in [5, 5.41) is 175. The van der Waals surface area contributed by atoms with Crippen LogP contribution in [0, 0.1) is 0 Å². The van der Waals surface area contributed by atoms with E-state index in [-0.39, 0.29) is 0 Å². The van der Waals surface area contributed by atoms with E-state index in [0.717, 1.165) is 0 Å². The Morgan fingerprint density at radius 3 is 1.05 bits per heavy atom. The molecule has 0 spiro atoms. The van der Waals surface area contributed by atoms with Crippen LogP contribution in [0.25, 0.3) is 0 Å². The normalized spacial score (nSPS) is 53.2. The van der Waals surface area contributed by atoms with Crippen molar-refractivity contribution >= 4 is 0 Å². The number of aliphatic hydroxyl groups is 17. The fraction of sp³-hybridized carbons (Fsp3) is 1.00. The maximum Gasteiger partial charge on any atom is 0.187 e. The van der Waals surface area contributed by atoms with E-state index in [2.05, 4.69) is 0 Å². The van der Waals surface area contributed by atoms with Crippen molar-refractivity contribution in [2.75, 3.05) is 33.0 Å². The Bertz CT molecular complexity index is 1200. The van der Waals surface area contributed by atoms with Gasteiger partial charge in [0.15, 0.2) is 31.5 Å². The molecule has 5 aliphatic heterocycles. The monoisotopic (exact) mass is 828 g/mol. The topological polar surface area (TPSA) is 427 Å². The summed E-state index contributed by atoms with van der Waals surface area (Å²) in [5.74, 6) is 0. The molecule has 56 heavy (non-hydrogen) atoms. The molecule has 5 saturated heterocycles. The molecular weight excluding hydrogens is 776 g/mol. The lowest BCUT2D eigenvalue weighted by Gasteiger charge is -2.48. The highest BCUT2D eigenvalue weighted by Gasteiger charge is 2.55. The second-order valence-electron chi connectivity index (χ2n) is 14.0. The zero-order valence-electron chi connectivity index (χ0n) is 29.2. The zero-order chi connectivity index (χ0) is 41.3. The first kappa shape index (κ1) is 46.0. The second kappa shape index (κ2) is 19.6. The molecule has 0 amide bonds. The maximum absolute atomic E-state index is 10.9. The molecule has 5 aliphatic rings. The van der Waals surface area contributed by atoms with E-state index >= 15 is 0 Å². The molecule has 0 radical (unpaired) electrons. The van der Waals surface area contributed by atoms with Crippen molar-refractivity contribution in [2.45, 2.75) is 154 Å². The molecule has 0 unspecified atom stereocenters. The Labute approximate surface area is 316 Å². The van der Waals surface area contributed by atoms with Gasteiger partial charge in [-0.15, -0.1) is 0 Å². The lowest BCUT2D eigenvalue weighted by molar-refractivity contribution is -0.384. The smallest absolute Gasteiger partial charge is 0.187 e. The lowest BCUT2D eigenvalue weighted by atomic mass is 9.96. The minimum atomic E-state index is -2.12.